The summed E-state index contributed by atoms with van der Waals surface area (Å²) in [5.74, 6) is 0.832. The van der Waals surface area contributed by atoms with Crippen LogP contribution in [-0.2, 0) is 11.2 Å². The monoisotopic (exact) mass is 263 g/mol. The molecule has 0 atom stereocenters. The molecule has 104 valence electrons. The Hall–Kier alpha value is -1.55. The largest absolute Gasteiger partial charge is 0.497 e. The van der Waals surface area contributed by atoms with E-state index in [4.69, 9.17) is 9.84 Å². The second kappa shape index (κ2) is 6.06. The number of aliphatic hydroxyl groups is 1. The van der Waals surface area contributed by atoms with Crippen LogP contribution in [0.4, 0.5) is 0 Å². The summed E-state index contributed by atoms with van der Waals surface area (Å²) in [7, 11) is 1.62. The molecule has 1 fully saturated rings. The van der Waals surface area contributed by atoms with E-state index in [-0.39, 0.29) is 17.9 Å². The molecule has 0 radical (unpaired) electrons. The molecule has 1 amide bonds. The predicted octanol–water partition coefficient (Wildman–Crippen LogP) is 1.52. The zero-order valence-electron chi connectivity index (χ0n) is 11.3. The third kappa shape index (κ3) is 3.96. The van der Waals surface area contributed by atoms with Gasteiger partial charge in [0, 0.05) is 13.2 Å². The SMILES string of the molecule is COc1ccc(CC(=O)NCC2(CCO)CC2)cc1. The third-order valence-corrected chi connectivity index (χ3v) is 3.78. The zero-order valence-corrected chi connectivity index (χ0v) is 11.3. The van der Waals surface area contributed by atoms with Gasteiger partial charge in [-0.15, -0.1) is 0 Å². The predicted molar refractivity (Wildman–Crippen MR) is 73.1 cm³/mol. The van der Waals surface area contributed by atoms with Crippen molar-refractivity contribution < 1.29 is 14.6 Å². The molecular weight excluding hydrogens is 242 g/mol. The van der Waals surface area contributed by atoms with Gasteiger partial charge in [0.25, 0.3) is 0 Å². The fourth-order valence-corrected chi connectivity index (χ4v) is 2.21. The number of carbonyl (C=O) groups excluding carboxylic acids is 1. The normalized spacial score (nSPS) is 15.9. The lowest BCUT2D eigenvalue weighted by atomic mass is 10.0. The highest BCUT2D eigenvalue weighted by molar-refractivity contribution is 5.78. The molecule has 1 saturated carbocycles. The van der Waals surface area contributed by atoms with Crippen molar-refractivity contribution in [2.24, 2.45) is 5.41 Å². The number of amides is 1. The Morgan fingerprint density at radius 3 is 2.58 bits per heavy atom. The molecule has 0 spiro atoms. The summed E-state index contributed by atoms with van der Waals surface area (Å²) in [5, 5.41) is 11.9. The summed E-state index contributed by atoms with van der Waals surface area (Å²) in [5.41, 5.74) is 1.15. The van der Waals surface area contributed by atoms with Gasteiger partial charge in [0.1, 0.15) is 5.75 Å². The summed E-state index contributed by atoms with van der Waals surface area (Å²) in [6.07, 6.45) is 3.39. The number of hydrogen-bond acceptors (Lipinski definition) is 3. The summed E-state index contributed by atoms with van der Waals surface area (Å²) in [6.45, 7) is 0.886. The molecule has 0 aliphatic heterocycles. The molecule has 0 unspecified atom stereocenters. The molecule has 1 aliphatic carbocycles. The number of carbonyl (C=O) groups is 1. The number of benzene rings is 1. The first-order valence-electron chi connectivity index (χ1n) is 6.68. The second-order valence-corrected chi connectivity index (χ2v) is 5.28. The molecule has 2 N–H and O–H groups in total. The van der Waals surface area contributed by atoms with Crippen LogP contribution in [0, 0.1) is 5.41 Å². The lowest BCUT2D eigenvalue weighted by Gasteiger charge is -2.14. The quantitative estimate of drug-likeness (QED) is 0.784. The Labute approximate surface area is 113 Å². The summed E-state index contributed by atoms with van der Waals surface area (Å²) >= 11 is 0. The number of rotatable bonds is 7. The lowest BCUT2D eigenvalue weighted by Crippen LogP contribution is -2.31. The highest BCUT2D eigenvalue weighted by Crippen LogP contribution is 2.47. The van der Waals surface area contributed by atoms with E-state index in [9.17, 15) is 4.79 Å². The van der Waals surface area contributed by atoms with Crippen LogP contribution in [0.1, 0.15) is 24.8 Å². The molecular formula is C15H21NO3. The number of aliphatic hydroxyl groups excluding tert-OH is 1. The fraction of sp³-hybridized carbons (Fsp3) is 0.533. The van der Waals surface area contributed by atoms with E-state index in [0.29, 0.717) is 13.0 Å². The zero-order chi connectivity index (χ0) is 13.7. The maximum atomic E-state index is 11.8. The smallest absolute Gasteiger partial charge is 0.224 e. The number of nitrogens with one attached hydrogen (secondary N) is 1. The lowest BCUT2D eigenvalue weighted by molar-refractivity contribution is -0.120. The number of methoxy groups -OCH3 is 1. The Bertz CT molecular complexity index is 424. The fourth-order valence-electron chi connectivity index (χ4n) is 2.21. The average molecular weight is 263 g/mol. The highest BCUT2D eigenvalue weighted by Gasteiger charge is 2.41. The van der Waals surface area contributed by atoms with Crippen LogP contribution in [0.2, 0.25) is 0 Å². The first kappa shape index (κ1) is 13.9. The van der Waals surface area contributed by atoms with E-state index in [2.05, 4.69) is 5.32 Å². The molecule has 0 heterocycles. The van der Waals surface area contributed by atoms with E-state index >= 15 is 0 Å². The maximum Gasteiger partial charge on any atom is 0.224 e. The van der Waals surface area contributed by atoms with Crippen LogP contribution in [0.3, 0.4) is 0 Å². The van der Waals surface area contributed by atoms with Gasteiger partial charge in [-0.1, -0.05) is 12.1 Å². The van der Waals surface area contributed by atoms with Crippen molar-refractivity contribution in [3.8, 4) is 5.75 Å². The average Bonchev–Trinajstić information content (AvgIpc) is 3.18. The van der Waals surface area contributed by atoms with Gasteiger partial charge in [-0.2, -0.15) is 0 Å². The van der Waals surface area contributed by atoms with E-state index < -0.39 is 0 Å². The topological polar surface area (TPSA) is 58.6 Å². The number of ether oxygens (including phenoxy) is 1. The second-order valence-electron chi connectivity index (χ2n) is 5.28. The minimum Gasteiger partial charge on any atom is -0.497 e. The van der Waals surface area contributed by atoms with Crippen LogP contribution >= 0.6 is 0 Å². The van der Waals surface area contributed by atoms with E-state index in [1.807, 2.05) is 24.3 Å². The van der Waals surface area contributed by atoms with Crippen molar-refractivity contribution in [2.75, 3.05) is 20.3 Å². The van der Waals surface area contributed by atoms with Crippen LogP contribution in [0.15, 0.2) is 24.3 Å². The minimum absolute atomic E-state index is 0.0365. The first-order chi connectivity index (χ1) is 9.17. The van der Waals surface area contributed by atoms with Gasteiger partial charge in [0.15, 0.2) is 0 Å². The standard InChI is InChI=1S/C15H21NO3/c1-19-13-4-2-12(3-5-13)10-14(18)16-11-15(6-7-15)8-9-17/h2-5,17H,6-11H2,1H3,(H,16,18). The van der Waals surface area contributed by atoms with Crippen molar-refractivity contribution in [1.82, 2.24) is 5.32 Å². The Morgan fingerprint density at radius 1 is 1.37 bits per heavy atom. The molecule has 1 aliphatic rings. The van der Waals surface area contributed by atoms with Crippen LogP contribution in [0.25, 0.3) is 0 Å². The molecule has 1 aromatic carbocycles. The Balaban J connectivity index is 1.77. The van der Waals surface area contributed by atoms with Crippen LogP contribution in [-0.4, -0.2) is 31.3 Å². The summed E-state index contributed by atoms with van der Waals surface area (Å²) in [6, 6.07) is 7.52. The van der Waals surface area contributed by atoms with Crippen molar-refractivity contribution >= 4 is 5.91 Å². The molecule has 19 heavy (non-hydrogen) atoms. The van der Waals surface area contributed by atoms with Crippen LogP contribution < -0.4 is 10.1 Å². The van der Waals surface area contributed by atoms with Gasteiger partial charge in [0.05, 0.1) is 13.5 Å². The van der Waals surface area contributed by atoms with E-state index in [1.54, 1.807) is 7.11 Å². The summed E-state index contributed by atoms with van der Waals surface area (Å²) < 4.78 is 5.08. The van der Waals surface area contributed by atoms with Gasteiger partial charge in [-0.05, 0) is 42.4 Å². The molecule has 0 saturated heterocycles. The van der Waals surface area contributed by atoms with E-state index in [0.717, 1.165) is 30.6 Å². The van der Waals surface area contributed by atoms with Crippen molar-refractivity contribution in [3.05, 3.63) is 29.8 Å². The molecule has 1 aromatic rings. The van der Waals surface area contributed by atoms with Crippen molar-refractivity contribution in [2.45, 2.75) is 25.7 Å². The van der Waals surface area contributed by atoms with Gasteiger partial charge < -0.3 is 15.2 Å². The van der Waals surface area contributed by atoms with Gasteiger partial charge in [-0.25, -0.2) is 0 Å². The van der Waals surface area contributed by atoms with E-state index in [1.165, 1.54) is 0 Å². The molecule has 0 aromatic heterocycles. The van der Waals surface area contributed by atoms with Crippen molar-refractivity contribution in [1.29, 1.82) is 0 Å². The molecule has 4 nitrogen and oxygen atoms in total. The summed E-state index contributed by atoms with van der Waals surface area (Å²) in [4.78, 5) is 11.8. The van der Waals surface area contributed by atoms with Gasteiger partial charge >= 0.3 is 0 Å². The first-order valence-corrected chi connectivity index (χ1v) is 6.68. The minimum atomic E-state index is 0.0365. The maximum absolute atomic E-state index is 11.8. The van der Waals surface area contributed by atoms with Crippen LogP contribution in [0.5, 0.6) is 5.75 Å². The van der Waals surface area contributed by atoms with Gasteiger partial charge in [0.2, 0.25) is 5.91 Å². The highest BCUT2D eigenvalue weighted by atomic mass is 16.5. The molecule has 0 bridgehead atoms. The van der Waals surface area contributed by atoms with Gasteiger partial charge in [-0.3, -0.25) is 4.79 Å². The molecule has 4 heteroatoms. The third-order valence-electron chi connectivity index (χ3n) is 3.78. The Kier molecular flexibility index (Phi) is 4.43. The molecule has 2 rings (SSSR count). The Morgan fingerprint density at radius 2 is 2.05 bits per heavy atom. The number of hydrogen-bond donors (Lipinski definition) is 2. The van der Waals surface area contributed by atoms with Crippen molar-refractivity contribution in [3.63, 3.8) is 0 Å².